The summed E-state index contributed by atoms with van der Waals surface area (Å²) in [6.45, 7) is 7.93. The Bertz CT molecular complexity index is 375. The third kappa shape index (κ3) is 4.43. The second-order valence-corrected chi connectivity index (χ2v) is 6.58. The molecule has 2 rings (SSSR count). The van der Waals surface area contributed by atoms with Gasteiger partial charge in [-0.05, 0) is 37.1 Å². The minimum Gasteiger partial charge on any atom is -0.371 e. The van der Waals surface area contributed by atoms with Gasteiger partial charge in [0.2, 0.25) is 0 Å². The number of nitrogens with zero attached hydrogens (tertiary/aromatic N) is 1. The molecule has 0 radical (unpaired) electrons. The molecule has 19 heavy (non-hydrogen) atoms. The standard InChI is InChI=1S/C16H26N2S/c1-3-19-13-14(2)17-12-15-8-4-5-9-16(15)18-10-6-7-11-18/h4-5,8-9,14,17H,3,6-7,10-13H2,1-2H3. The Morgan fingerprint density at radius 2 is 2.00 bits per heavy atom. The molecule has 0 aliphatic carbocycles. The number of anilines is 1. The van der Waals surface area contributed by atoms with Crippen LogP contribution in [-0.4, -0.2) is 30.6 Å². The van der Waals surface area contributed by atoms with E-state index in [2.05, 4.69) is 48.3 Å². The highest BCUT2D eigenvalue weighted by atomic mass is 32.2. The van der Waals surface area contributed by atoms with E-state index in [1.165, 1.54) is 48.7 Å². The summed E-state index contributed by atoms with van der Waals surface area (Å²) < 4.78 is 0. The van der Waals surface area contributed by atoms with E-state index in [4.69, 9.17) is 0 Å². The molecule has 1 fully saturated rings. The molecule has 0 amide bonds. The zero-order valence-corrected chi connectivity index (χ0v) is 13.0. The molecule has 0 saturated carbocycles. The maximum absolute atomic E-state index is 3.65. The van der Waals surface area contributed by atoms with E-state index >= 15 is 0 Å². The van der Waals surface area contributed by atoms with Crippen LogP contribution in [0.15, 0.2) is 24.3 Å². The van der Waals surface area contributed by atoms with Gasteiger partial charge in [0.25, 0.3) is 0 Å². The average molecular weight is 278 g/mol. The van der Waals surface area contributed by atoms with Gasteiger partial charge in [0.1, 0.15) is 0 Å². The highest BCUT2D eigenvalue weighted by molar-refractivity contribution is 7.99. The molecule has 0 bridgehead atoms. The molecule has 0 spiro atoms. The molecule has 1 aliphatic heterocycles. The summed E-state index contributed by atoms with van der Waals surface area (Å²) in [6.07, 6.45) is 2.68. The van der Waals surface area contributed by atoms with Crippen LogP contribution in [0.3, 0.4) is 0 Å². The molecule has 2 nitrogen and oxygen atoms in total. The van der Waals surface area contributed by atoms with Gasteiger partial charge >= 0.3 is 0 Å². The predicted molar refractivity (Wildman–Crippen MR) is 87.2 cm³/mol. The number of rotatable bonds is 7. The van der Waals surface area contributed by atoms with Crippen LogP contribution in [0.2, 0.25) is 0 Å². The number of para-hydroxylation sites is 1. The van der Waals surface area contributed by atoms with E-state index in [1.807, 2.05) is 11.8 Å². The first-order valence-electron chi connectivity index (χ1n) is 7.45. The Balaban J connectivity index is 1.92. The van der Waals surface area contributed by atoms with Crippen molar-refractivity contribution < 1.29 is 0 Å². The fourth-order valence-electron chi connectivity index (χ4n) is 2.56. The fraction of sp³-hybridized carbons (Fsp3) is 0.625. The molecular formula is C16H26N2S. The maximum Gasteiger partial charge on any atom is 0.0411 e. The van der Waals surface area contributed by atoms with Gasteiger partial charge in [0.05, 0.1) is 0 Å². The van der Waals surface area contributed by atoms with E-state index in [0.29, 0.717) is 6.04 Å². The summed E-state index contributed by atoms with van der Waals surface area (Å²) in [6, 6.07) is 9.43. The van der Waals surface area contributed by atoms with Crippen LogP contribution >= 0.6 is 11.8 Å². The lowest BCUT2D eigenvalue weighted by atomic mass is 10.1. The summed E-state index contributed by atoms with van der Waals surface area (Å²) in [7, 11) is 0. The predicted octanol–water partition coefficient (Wildman–Crippen LogP) is 3.52. The molecule has 1 saturated heterocycles. The van der Waals surface area contributed by atoms with E-state index in [9.17, 15) is 0 Å². The third-order valence-electron chi connectivity index (χ3n) is 3.65. The van der Waals surface area contributed by atoms with Crippen LogP contribution < -0.4 is 10.2 Å². The summed E-state index contributed by atoms with van der Waals surface area (Å²) in [5, 5.41) is 3.65. The van der Waals surface area contributed by atoms with E-state index in [1.54, 1.807) is 0 Å². The van der Waals surface area contributed by atoms with Crippen LogP contribution in [0.5, 0.6) is 0 Å². The van der Waals surface area contributed by atoms with Crippen molar-refractivity contribution in [3.8, 4) is 0 Å². The van der Waals surface area contributed by atoms with Crippen molar-refractivity contribution in [2.24, 2.45) is 0 Å². The van der Waals surface area contributed by atoms with Gasteiger partial charge < -0.3 is 10.2 Å². The molecule has 1 atom stereocenters. The fourth-order valence-corrected chi connectivity index (χ4v) is 3.27. The van der Waals surface area contributed by atoms with Gasteiger partial charge in [-0.1, -0.05) is 25.1 Å². The Morgan fingerprint density at radius 3 is 2.74 bits per heavy atom. The minimum atomic E-state index is 0.580. The van der Waals surface area contributed by atoms with Gasteiger partial charge in [-0.25, -0.2) is 0 Å². The van der Waals surface area contributed by atoms with Gasteiger partial charge in [-0.15, -0.1) is 0 Å². The summed E-state index contributed by atoms with van der Waals surface area (Å²) in [5.74, 6) is 2.40. The van der Waals surface area contributed by atoms with E-state index < -0.39 is 0 Å². The largest absolute Gasteiger partial charge is 0.371 e. The van der Waals surface area contributed by atoms with Gasteiger partial charge in [-0.2, -0.15) is 11.8 Å². The van der Waals surface area contributed by atoms with Crippen molar-refractivity contribution in [3.05, 3.63) is 29.8 Å². The first kappa shape index (κ1) is 14.7. The molecule has 1 unspecified atom stereocenters. The van der Waals surface area contributed by atoms with Gasteiger partial charge in [0, 0.05) is 37.1 Å². The van der Waals surface area contributed by atoms with Crippen molar-refractivity contribution in [1.29, 1.82) is 0 Å². The van der Waals surface area contributed by atoms with Gasteiger partial charge in [-0.3, -0.25) is 0 Å². The Hall–Kier alpha value is -0.670. The average Bonchev–Trinajstić information content (AvgIpc) is 2.97. The second-order valence-electron chi connectivity index (χ2n) is 5.26. The van der Waals surface area contributed by atoms with Crippen molar-refractivity contribution in [1.82, 2.24) is 5.32 Å². The zero-order chi connectivity index (χ0) is 13.5. The molecule has 1 heterocycles. The van der Waals surface area contributed by atoms with E-state index in [0.717, 1.165) is 6.54 Å². The SMILES string of the molecule is CCSCC(C)NCc1ccccc1N1CCCC1. The first-order valence-corrected chi connectivity index (χ1v) is 8.60. The lowest BCUT2D eigenvalue weighted by Gasteiger charge is -2.22. The highest BCUT2D eigenvalue weighted by Gasteiger charge is 2.15. The van der Waals surface area contributed by atoms with Crippen LogP contribution in [0, 0.1) is 0 Å². The summed E-state index contributed by atoms with van der Waals surface area (Å²) in [5.41, 5.74) is 2.88. The monoisotopic (exact) mass is 278 g/mol. The molecule has 1 aliphatic rings. The van der Waals surface area contributed by atoms with E-state index in [-0.39, 0.29) is 0 Å². The number of hydrogen-bond acceptors (Lipinski definition) is 3. The number of hydrogen-bond donors (Lipinski definition) is 1. The normalized spacial score (nSPS) is 16.8. The van der Waals surface area contributed by atoms with Gasteiger partial charge in [0.15, 0.2) is 0 Å². The maximum atomic E-state index is 3.65. The zero-order valence-electron chi connectivity index (χ0n) is 12.2. The Labute approximate surface area is 122 Å². The van der Waals surface area contributed by atoms with Crippen molar-refractivity contribution in [2.75, 3.05) is 29.5 Å². The first-order chi connectivity index (χ1) is 9.31. The highest BCUT2D eigenvalue weighted by Crippen LogP contribution is 2.24. The topological polar surface area (TPSA) is 15.3 Å². The van der Waals surface area contributed by atoms with Crippen molar-refractivity contribution >= 4 is 17.4 Å². The summed E-state index contributed by atoms with van der Waals surface area (Å²) in [4.78, 5) is 2.53. The molecule has 3 heteroatoms. The third-order valence-corrected chi connectivity index (χ3v) is 4.80. The lowest BCUT2D eigenvalue weighted by molar-refractivity contribution is 0.595. The quantitative estimate of drug-likeness (QED) is 0.821. The second kappa shape index (κ2) is 7.81. The number of thioether (sulfide) groups is 1. The lowest BCUT2D eigenvalue weighted by Crippen LogP contribution is -2.29. The Kier molecular flexibility index (Phi) is 6.05. The van der Waals surface area contributed by atoms with Crippen LogP contribution in [0.4, 0.5) is 5.69 Å². The smallest absolute Gasteiger partial charge is 0.0411 e. The molecule has 1 N–H and O–H groups in total. The number of benzene rings is 1. The molecule has 106 valence electrons. The van der Waals surface area contributed by atoms with Crippen LogP contribution in [0.1, 0.15) is 32.3 Å². The van der Waals surface area contributed by atoms with Crippen molar-refractivity contribution in [2.45, 2.75) is 39.3 Å². The van der Waals surface area contributed by atoms with Crippen molar-refractivity contribution in [3.63, 3.8) is 0 Å². The minimum absolute atomic E-state index is 0.580. The molecular weight excluding hydrogens is 252 g/mol. The Morgan fingerprint density at radius 1 is 1.26 bits per heavy atom. The summed E-state index contributed by atoms with van der Waals surface area (Å²) >= 11 is 2.01. The molecule has 0 aromatic heterocycles. The van der Waals surface area contributed by atoms with Crippen LogP contribution in [-0.2, 0) is 6.54 Å². The number of nitrogens with one attached hydrogen (secondary N) is 1. The van der Waals surface area contributed by atoms with Crippen LogP contribution in [0.25, 0.3) is 0 Å². The molecule has 1 aromatic rings. The molecule has 1 aromatic carbocycles.